The fourth-order valence-corrected chi connectivity index (χ4v) is 5.43. The van der Waals surface area contributed by atoms with Crippen molar-refractivity contribution < 1.29 is 9.59 Å². The van der Waals surface area contributed by atoms with E-state index < -0.39 is 0 Å². The first kappa shape index (κ1) is 20.2. The average Bonchev–Trinajstić information content (AvgIpc) is 3.50. The van der Waals surface area contributed by atoms with Crippen molar-refractivity contribution in [3.8, 4) is 0 Å². The minimum Gasteiger partial charge on any atom is -0.370 e. The Morgan fingerprint density at radius 1 is 1.14 bits per heavy atom. The van der Waals surface area contributed by atoms with E-state index in [1.165, 1.54) is 18.4 Å². The third kappa shape index (κ3) is 3.75. The van der Waals surface area contributed by atoms with E-state index in [2.05, 4.69) is 54.2 Å². The van der Waals surface area contributed by atoms with Crippen LogP contribution in [0, 0.1) is 5.92 Å². The summed E-state index contributed by atoms with van der Waals surface area (Å²) in [5, 5.41) is 0. The number of carbonyl (C=O) groups excluding carboxylic acids is 2. The Hall–Kier alpha value is -2.08. The maximum atomic E-state index is 13.2. The van der Waals surface area contributed by atoms with Gasteiger partial charge in [-0.2, -0.15) is 0 Å². The maximum absolute atomic E-state index is 13.2. The lowest BCUT2D eigenvalue weighted by Gasteiger charge is -2.51. The van der Waals surface area contributed by atoms with Crippen LogP contribution in [0.2, 0.25) is 0 Å². The molecule has 0 bridgehead atoms. The summed E-state index contributed by atoms with van der Waals surface area (Å²) in [5.41, 5.74) is 6.62. The molecule has 3 fully saturated rings. The average molecular weight is 399 g/mol. The van der Waals surface area contributed by atoms with Crippen LogP contribution in [-0.2, 0) is 10.3 Å². The van der Waals surface area contributed by atoms with Crippen LogP contribution in [0.5, 0.6) is 0 Å². The highest BCUT2D eigenvalue weighted by molar-refractivity contribution is 5.80. The van der Waals surface area contributed by atoms with Crippen LogP contribution in [0.15, 0.2) is 30.3 Å². The summed E-state index contributed by atoms with van der Waals surface area (Å²) >= 11 is 0. The third-order valence-electron chi connectivity index (χ3n) is 7.50. The SMILES string of the molecule is CN(C)[C@]1(c2ccccc2)CC[C@]2(CC1)CN(CCC(N)=O)C(=O)N2CC1CC1. The summed E-state index contributed by atoms with van der Waals surface area (Å²) in [7, 11) is 4.35. The van der Waals surface area contributed by atoms with Crippen LogP contribution in [0.1, 0.15) is 50.5 Å². The molecule has 0 atom stereocenters. The number of nitrogens with two attached hydrogens (primary N) is 1. The molecule has 4 rings (SSSR count). The van der Waals surface area contributed by atoms with E-state index in [-0.39, 0.29) is 29.4 Å². The first-order valence-electron chi connectivity index (χ1n) is 10.9. The smallest absolute Gasteiger partial charge is 0.320 e. The Bertz CT molecular complexity index is 751. The van der Waals surface area contributed by atoms with Crippen molar-refractivity contribution in [2.75, 3.05) is 33.7 Å². The predicted octanol–water partition coefficient (Wildman–Crippen LogP) is 2.78. The van der Waals surface area contributed by atoms with Crippen molar-refractivity contribution in [2.45, 2.75) is 56.0 Å². The number of primary amides is 1. The van der Waals surface area contributed by atoms with Gasteiger partial charge in [0, 0.05) is 31.6 Å². The number of hydrogen-bond donors (Lipinski definition) is 1. The van der Waals surface area contributed by atoms with Crippen molar-refractivity contribution in [3.05, 3.63) is 35.9 Å². The van der Waals surface area contributed by atoms with E-state index >= 15 is 0 Å². The second-order valence-corrected chi connectivity index (χ2v) is 9.49. The molecule has 6 heteroatoms. The number of nitrogens with zero attached hydrogens (tertiary/aromatic N) is 3. The molecule has 1 heterocycles. The molecular weight excluding hydrogens is 364 g/mol. The van der Waals surface area contributed by atoms with Gasteiger partial charge in [0.15, 0.2) is 0 Å². The molecule has 0 unspecified atom stereocenters. The predicted molar refractivity (Wildman–Crippen MR) is 113 cm³/mol. The summed E-state index contributed by atoms with van der Waals surface area (Å²) in [6, 6.07) is 10.9. The van der Waals surface area contributed by atoms with Gasteiger partial charge >= 0.3 is 6.03 Å². The molecule has 1 aromatic carbocycles. The minimum absolute atomic E-state index is 0.0153. The summed E-state index contributed by atoms with van der Waals surface area (Å²) < 4.78 is 0. The second kappa shape index (κ2) is 7.63. The van der Waals surface area contributed by atoms with Crippen LogP contribution in [0.25, 0.3) is 0 Å². The van der Waals surface area contributed by atoms with Gasteiger partial charge in [-0.05, 0) is 64.1 Å². The first-order chi connectivity index (χ1) is 13.9. The number of hydrogen-bond acceptors (Lipinski definition) is 3. The summed E-state index contributed by atoms with van der Waals surface area (Å²) in [4.78, 5) is 30.9. The van der Waals surface area contributed by atoms with Crippen LogP contribution in [-0.4, -0.2) is 65.9 Å². The third-order valence-corrected chi connectivity index (χ3v) is 7.50. The molecule has 2 saturated carbocycles. The molecule has 1 aromatic rings. The molecule has 0 aromatic heterocycles. The Morgan fingerprint density at radius 3 is 2.34 bits per heavy atom. The largest absolute Gasteiger partial charge is 0.370 e. The summed E-state index contributed by atoms with van der Waals surface area (Å²) in [6.07, 6.45) is 6.74. The number of carbonyl (C=O) groups is 2. The highest BCUT2D eigenvalue weighted by atomic mass is 16.2. The fraction of sp³-hybridized carbons (Fsp3) is 0.652. The number of rotatable bonds is 7. The van der Waals surface area contributed by atoms with Crippen molar-refractivity contribution >= 4 is 11.9 Å². The van der Waals surface area contributed by atoms with E-state index in [4.69, 9.17) is 5.73 Å². The Morgan fingerprint density at radius 2 is 1.79 bits per heavy atom. The number of amides is 3. The fourth-order valence-electron chi connectivity index (χ4n) is 5.43. The van der Waals surface area contributed by atoms with Crippen LogP contribution >= 0.6 is 0 Å². The van der Waals surface area contributed by atoms with Gasteiger partial charge in [-0.25, -0.2) is 4.79 Å². The second-order valence-electron chi connectivity index (χ2n) is 9.49. The number of urea groups is 1. The molecule has 29 heavy (non-hydrogen) atoms. The zero-order valence-corrected chi connectivity index (χ0v) is 17.8. The normalized spacial score (nSPS) is 29.8. The number of benzene rings is 1. The molecule has 1 spiro atoms. The van der Waals surface area contributed by atoms with Gasteiger partial charge in [0.25, 0.3) is 0 Å². The lowest BCUT2D eigenvalue weighted by atomic mass is 9.68. The Kier molecular flexibility index (Phi) is 5.32. The molecule has 2 aliphatic carbocycles. The molecule has 1 saturated heterocycles. The summed E-state index contributed by atoms with van der Waals surface area (Å²) in [5.74, 6) is 0.313. The molecule has 6 nitrogen and oxygen atoms in total. The molecule has 3 aliphatic rings. The van der Waals surface area contributed by atoms with E-state index in [0.29, 0.717) is 12.5 Å². The summed E-state index contributed by atoms with van der Waals surface area (Å²) in [6.45, 7) is 2.03. The zero-order valence-electron chi connectivity index (χ0n) is 17.8. The quantitative estimate of drug-likeness (QED) is 0.768. The van der Waals surface area contributed by atoms with E-state index in [1.54, 1.807) is 0 Å². The van der Waals surface area contributed by atoms with E-state index in [1.807, 2.05) is 4.90 Å². The lowest BCUT2D eigenvalue weighted by molar-refractivity contribution is -0.118. The monoisotopic (exact) mass is 398 g/mol. The van der Waals surface area contributed by atoms with Crippen LogP contribution < -0.4 is 5.73 Å². The Balaban J connectivity index is 1.56. The van der Waals surface area contributed by atoms with Gasteiger partial charge in [0.05, 0.1) is 5.54 Å². The van der Waals surface area contributed by atoms with Gasteiger partial charge in [0.2, 0.25) is 5.91 Å². The highest BCUT2D eigenvalue weighted by Gasteiger charge is 2.55. The topological polar surface area (TPSA) is 69.9 Å². The van der Waals surface area contributed by atoms with E-state index in [0.717, 1.165) is 38.8 Å². The van der Waals surface area contributed by atoms with Crippen molar-refractivity contribution in [1.82, 2.24) is 14.7 Å². The highest BCUT2D eigenvalue weighted by Crippen LogP contribution is 2.49. The van der Waals surface area contributed by atoms with Gasteiger partial charge in [0.1, 0.15) is 0 Å². The molecule has 3 amide bonds. The van der Waals surface area contributed by atoms with Crippen molar-refractivity contribution in [3.63, 3.8) is 0 Å². The molecule has 0 radical (unpaired) electrons. The maximum Gasteiger partial charge on any atom is 0.320 e. The standard InChI is InChI=1S/C23H34N4O2/c1-25(2)23(19-6-4-3-5-7-19)13-11-22(12-14-23)17-26(15-10-20(24)28)21(29)27(22)16-18-8-9-18/h3-7,18H,8-17H2,1-2H3,(H2,24,28)/t22-,23+. The van der Waals surface area contributed by atoms with Gasteiger partial charge in [-0.3, -0.25) is 9.69 Å². The molecule has 158 valence electrons. The molecule has 1 aliphatic heterocycles. The van der Waals surface area contributed by atoms with Gasteiger partial charge in [-0.15, -0.1) is 0 Å². The Labute approximate surface area is 174 Å². The van der Waals surface area contributed by atoms with Crippen molar-refractivity contribution in [1.29, 1.82) is 0 Å². The zero-order chi connectivity index (χ0) is 20.6. The van der Waals surface area contributed by atoms with Crippen LogP contribution in [0.4, 0.5) is 4.79 Å². The first-order valence-corrected chi connectivity index (χ1v) is 10.9. The van der Waals surface area contributed by atoms with E-state index in [9.17, 15) is 9.59 Å². The molecular formula is C23H34N4O2. The van der Waals surface area contributed by atoms with Gasteiger partial charge in [-0.1, -0.05) is 30.3 Å². The lowest BCUT2D eigenvalue weighted by Crippen LogP contribution is -2.55. The minimum atomic E-state index is -0.341. The van der Waals surface area contributed by atoms with Crippen LogP contribution in [0.3, 0.4) is 0 Å². The van der Waals surface area contributed by atoms with Crippen molar-refractivity contribution in [2.24, 2.45) is 11.7 Å². The molecule has 2 N–H and O–H groups in total. The van der Waals surface area contributed by atoms with Gasteiger partial charge < -0.3 is 15.5 Å².